The molecule has 0 radical (unpaired) electrons. The molecule has 4 heteroatoms. The Morgan fingerprint density at radius 1 is 1.71 bits per heavy atom. The highest BCUT2D eigenvalue weighted by atomic mass is 16.3. The smallest absolute Gasteiger partial charge is 0.220 e. The van der Waals surface area contributed by atoms with Crippen LogP contribution >= 0.6 is 0 Å². The van der Waals surface area contributed by atoms with Gasteiger partial charge in [-0.05, 0) is 25.5 Å². The molecule has 1 amide bonds. The zero-order valence-corrected chi connectivity index (χ0v) is 8.19. The van der Waals surface area contributed by atoms with Crippen LogP contribution in [-0.4, -0.2) is 17.1 Å². The van der Waals surface area contributed by atoms with E-state index in [1.165, 1.54) is 0 Å². The van der Waals surface area contributed by atoms with Crippen LogP contribution in [0.25, 0.3) is 0 Å². The fraction of sp³-hybridized carbons (Fsp3) is 0.500. The maximum atomic E-state index is 11.2. The molecule has 0 aliphatic carbocycles. The summed E-state index contributed by atoms with van der Waals surface area (Å²) in [6.07, 6.45) is 1.98. The van der Waals surface area contributed by atoms with E-state index >= 15 is 0 Å². The molecule has 0 aliphatic heterocycles. The molecule has 0 aromatic carbocycles. The number of aliphatic hydroxyl groups is 1. The first-order valence-electron chi connectivity index (χ1n) is 4.65. The zero-order chi connectivity index (χ0) is 10.4. The van der Waals surface area contributed by atoms with E-state index in [0.717, 1.165) is 5.76 Å². The molecule has 4 nitrogen and oxygen atoms in total. The number of carbonyl (C=O) groups is 1. The number of amides is 1. The topological polar surface area (TPSA) is 62.5 Å². The van der Waals surface area contributed by atoms with Crippen LogP contribution in [0.3, 0.4) is 0 Å². The Balaban J connectivity index is 2.15. The Morgan fingerprint density at radius 2 is 2.50 bits per heavy atom. The van der Waals surface area contributed by atoms with Gasteiger partial charge in [-0.25, -0.2) is 0 Å². The lowest BCUT2D eigenvalue weighted by molar-refractivity contribution is -0.121. The molecule has 0 saturated heterocycles. The van der Waals surface area contributed by atoms with Gasteiger partial charge in [-0.1, -0.05) is 0 Å². The van der Waals surface area contributed by atoms with Gasteiger partial charge in [-0.2, -0.15) is 0 Å². The second kappa shape index (κ2) is 5.44. The van der Waals surface area contributed by atoms with Crippen LogP contribution in [0.2, 0.25) is 0 Å². The summed E-state index contributed by atoms with van der Waals surface area (Å²) in [4.78, 5) is 11.2. The van der Waals surface area contributed by atoms with Gasteiger partial charge in [0, 0.05) is 6.42 Å². The van der Waals surface area contributed by atoms with Crippen molar-refractivity contribution in [3.05, 3.63) is 24.2 Å². The Morgan fingerprint density at radius 3 is 3.07 bits per heavy atom. The van der Waals surface area contributed by atoms with Crippen molar-refractivity contribution in [3.8, 4) is 0 Å². The van der Waals surface area contributed by atoms with E-state index in [9.17, 15) is 4.79 Å². The van der Waals surface area contributed by atoms with Crippen LogP contribution < -0.4 is 5.32 Å². The predicted molar refractivity (Wildman–Crippen MR) is 51.5 cm³/mol. The van der Waals surface area contributed by atoms with E-state index in [4.69, 9.17) is 9.52 Å². The number of nitrogens with one attached hydrogen (secondary N) is 1. The molecule has 1 atom stereocenters. The van der Waals surface area contributed by atoms with Crippen LogP contribution in [0.5, 0.6) is 0 Å². The summed E-state index contributed by atoms with van der Waals surface area (Å²) in [6.45, 7) is 2.07. The fourth-order valence-electron chi connectivity index (χ4n) is 1.03. The molecule has 2 N–H and O–H groups in total. The van der Waals surface area contributed by atoms with Crippen molar-refractivity contribution < 1.29 is 14.3 Å². The normalized spacial score (nSPS) is 12.4. The quantitative estimate of drug-likeness (QED) is 0.741. The monoisotopic (exact) mass is 197 g/mol. The standard InChI is InChI=1S/C10H15NO3/c1-8(12)4-5-10(13)11-7-9-3-2-6-14-9/h2-3,6,8,12H,4-5,7H2,1H3,(H,11,13). The summed E-state index contributed by atoms with van der Waals surface area (Å²) in [5, 5.41) is 11.7. The van der Waals surface area contributed by atoms with Gasteiger partial charge < -0.3 is 14.8 Å². The zero-order valence-electron chi connectivity index (χ0n) is 8.19. The minimum atomic E-state index is -0.427. The number of hydrogen-bond donors (Lipinski definition) is 2. The SMILES string of the molecule is CC(O)CCC(=O)NCc1ccco1. The lowest BCUT2D eigenvalue weighted by Gasteiger charge is -2.04. The summed E-state index contributed by atoms with van der Waals surface area (Å²) < 4.78 is 5.05. The van der Waals surface area contributed by atoms with Crippen LogP contribution in [-0.2, 0) is 11.3 Å². The first-order chi connectivity index (χ1) is 6.68. The molecule has 0 saturated carbocycles. The van der Waals surface area contributed by atoms with E-state index in [1.54, 1.807) is 25.3 Å². The molecule has 0 fully saturated rings. The minimum Gasteiger partial charge on any atom is -0.467 e. The average Bonchev–Trinajstić information content (AvgIpc) is 2.63. The van der Waals surface area contributed by atoms with Crippen molar-refractivity contribution in [2.24, 2.45) is 0 Å². The molecule has 1 aromatic rings. The number of hydrogen-bond acceptors (Lipinski definition) is 3. The Hall–Kier alpha value is -1.29. The van der Waals surface area contributed by atoms with Gasteiger partial charge in [0.1, 0.15) is 5.76 Å². The van der Waals surface area contributed by atoms with Gasteiger partial charge >= 0.3 is 0 Å². The molecule has 14 heavy (non-hydrogen) atoms. The van der Waals surface area contributed by atoms with Gasteiger partial charge in [-0.3, -0.25) is 4.79 Å². The van der Waals surface area contributed by atoms with Gasteiger partial charge in [0.25, 0.3) is 0 Å². The molecule has 1 rings (SSSR count). The molecular formula is C10H15NO3. The van der Waals surface area contributed by atoms with E-state index in [0.29, 0.717) is 19.4 Å². The van der Waals surface area contributed by atoms with Crippen LogP contribution in [0, 0.1) is 0 Å². The lowest BCUT2D eigenvalue weighted by Crippen LogP contribution is -2.23. The fourth-order valence-corrected chi connectivity index (χ4v) is 1.03. The summed E-state index contributed by atoms with van der Waals surface area (Å²) >= 11 is 0. The van der Waals surface area contributed by atoms with Gasteiger partial charge in [-0.15, -0.1) is 0 Å². The van der Waals surface area contributed by atoms with E-state index in [2.05, 4.69) is 5.32 Å². The van der Waals surface area contributed by atoms with Crippen molar-refractivity contribution in [1.29, 1.82) is 0 Å². The second-order valence-electron chi connectivity index (χ2n) is 3.24. The molecule has 78 valence electrons. The second-order valence-corrected chi connectivity index (χ2v) is 3.24. The van der Waals surface area contributed by atoms with Gasteiger partial charge in [0.2, 0.25) is 5.91 Å². The summed E-state index contributed by atoms with van der Waals surface area (Å²) in [6, 6.07) is 3.58. The first-order valence-corrected chi connectivity index (χ1v) is 4.65. The molecule has 1 aromatic heterocycles. The Bertz CT molecular complexity index is 267. The van der Waals surface area contributed by atoms with Crippen molar-refractivity contribution in [1.82, 2.24) is 5.32 Å². The largest absolute Gasteiger partial charge is 0.467 e. The summed E-state index contributed by atoms with van der Waals surface area (Å²) in [7, 11) is 0. The summed E-state index contributed by atoms with van der Waals surface area (Å²) in [5.41, 5.74) is 0. The predicted octanol–water partition coefficient (Wildman–Crippen LogP) is 1.06. The van der Waals surface area contributed by atoms with E-state index in [-0.39, 0.29) is 5.91 Å². The number of carbonyl (C=O) groups excluding carboxylic acids is 1. The van der Waals surface area contributed by atoms with Gasteiger partial charge in [0.05, 0.1) is 18.9 Å². The number of furan rings is 1. The molecule has 0 bridgehead atoms. The number of rotatable bonds is 5. The van der Waals surface area contributed by atoms with Gasteiger partial charge in [0.15, 0.2) is 0 Å². The number of aliphatic hydroxyl groups excluding tert-OH is 1. The third kappa shape index (κ3) is 4.09. The van der Waals surface area contributed by atoms with E-state index in [1.807, 2.05) is 0 Å². The Kier molecular flexibility index (Phi) is 4.19. The highest BCUT2D eigenvalue weighted by molar-refractivity contribution is 5.75. The van der Waals surface area contributed by atoms with Crippen LogP contribution in [0.15, 0.2) is 22.8 Å². The summed E-state index contributed by atoms with van der Waals surface area (Å²) in [5.74, 6) is 0.665. The third-order valence-corrected chi connectivity index (χ3v) is 1.83. The molecule has 0 aliphatic rings. The van der Waals surface area contributed by atoms with Crippen molar-refractivity contribution in [3.63, 3.8) is 0 Å². The maximum Gasteiger partial charge on any atom is 0.220 e. The average molecular weight is 197 g/mol. The van der Waals surface area contributed by atoms with Crippen LogP contribution in [0.1, 0.15) is 25.5 Å². The molecule has 0 spiro atoms. The molecule has 1 unspecified atom stereocenters. The van der Waals surface area contributed by atoms with Crippen molar-refractivity contribution in [2.45, 2.75) is 32.4 Å². The van der Waals surface area contributed by atoms with E-state index < -0.39 is 6.10 Å². The molecular weight excluding hydrogens is 182 g/mol. The first kappa shape index (κ1) is 10.8. The third-order valence-electron chi connectivity index (χ3n) is 1.83. The van der Waals surface area contributed by atoms with Crippen LogP contribution in [0.4, 0.5) is 0 Å². The Labute approximate surface area is 82.9 Å². The van der Waals surface area contributed by atoms with Crippen molar-refractivity contribution >= 4 is 5.91 Å². The van der Waals surface area contributed by atoms with Crippen molar-refractivity contribution in [2.75, 3.05) is 0 Å². The highest BCUT2D eigenvalue weighted by Crippen LogP contribution is 2.00. The molecule has 1 heterocycles. The lowest BCUT2D eigenvalue weighted by atomic mass is 10.2. The minimum absolute atomic E-state index is 0.0673. The maximum absolute atomic E-state index is 11.2. The highest BCUT2D eigenvalue weighted by Gasteiger charge is 2.04.